The van der Waals surface area contributed by atoms with Crippen LogP contribution < -0.4 is 5.73 Å². The lowest BCUT2D eigenvalue weighted by molar-refractivity contribution is 0.615. The van der Waals surface area contributed by atoms with E-state index in [1.807, 2.05) is 6.07 Å². The van der Waals surface area contributed by atoms with Gasteiger partial charge in [0.05, 0.1) is 11.9 Å². The van der Waals surface area contributed by atoms with Crippen LogP contribution in [0.1, 0.15) is 0 Å². The van der Waals surface area contributed by atoms with E-state index >= 15 is 0 Å². The molecule has 0 unspecified atom stereocenters. The third-order valence-electron chi connectivity index (χ3n) is 2.51. The molecule has 4 nitrogen and oxygen atoms in total. The summed E-state index contributed by atoms with van der Waals surface area (Å²) in [5, 5.41) is 4.76. The zero-order chi connectivity index (χ0) is 12.7. The Bertz CT molecular complexity index is 738. The third kappa shape index (κ3) is 1.78. The first kappa shape index (κ1) is 11.0. The van der Waals surface area contributed by atoms with Gasteiger partial charge in [0.2, 0.25) is 0 Å². The molecule has 0 aliphatic carbocycles. The maximum absolute atomic E-state index is 13.2. The molecule has 0 aliphatic heterocycles. The second-order valence-electron chi connectivity index (χ2n) is 3.83. The molecule has 0 radical (unpaired) electrons. The molecule has 18 heavy (non-hydrogen) atoms. The number of halogens is 2. The normalized spacial score (nSPS) is 11.0. The van der Waals surface area contributed by atoms with Crippen molar-refractivity contribution in [1.29, 1.82) is 0 Å². The average molecular weight is 263 g/mol. The number of fused-ring (bicyclic) bond motifs is 1. The van der Waals surface area contributed by atoms with Crippen molar-refractivity contribution >= 4 is 22.9 Å². The van der Waals surface area contributed by atoms with Crippen LogP contribution in [-0.4, -0.2) is 14.6 Å². The van der Waals surface area contributed by atoms with Gasteiger partial charge < -0.3 is 5.73 Å². The average Bonchev–Trinajstić information content (AvgIpc) is 2.73. The van der Waals surface area contributed by atoms with Crippen LogP contribution in [0.4, 0.5) is 10.1 Å². The standard InChI is InChI=1S/C12H8ClFN4/c13-8-3-1-2-7(4-8)11-16-12-10(15)5-9(14)6-18(12)17-11/h1-6H,15H2. The van der Waals surface area contributed by atoms with Gasteiger partial charge in [-0.25, -0.2) is 13.9 Å². The van der Waals surface area contributed by atoms with Crippen LogP contribution in [0.3, 0.4) is 0 Å². The zero-order valence-electron chi connectivity index (χ0n) is 9.14. The number of nitrogens with two attached hydrogens (primary N) is 1. The number of rotatable bonds is 1. The SMILES string of the molecule is Nc1cc(F)cn2nc(-c3cccc(Cl)c3)nc12. The van der Waals surface area contributed by atoms with Gasteiger partial charge in [-0.2, -0.15) is 0 Å². The van der Waals surface area contributed by atoms with Gasteiger partial charge in [0.1, 0.15) is 5.82 Å². The Morgan fingerprint density at radius 1 is 1.28 bits per heavy atom. The molecule has 0 aliphatic rings. The van der Waals surface area contributed by atoms with Crippen LogP contribution in [-0.2, 0) is 0 Å². The van der Waals surface area contributed by atoms with Gasteiger partial charge in [-0.1, -0.05) is 23.7 Å². The number of aromatic nitrogens is 3. The molecule has 2 heterocycles. The first-order valence-electron chi connectivity index (χ1n) is 5.21. The van der Waals surface area contributed by atoms with E-state index in [0.29, 0.717) is 16.5 Å². The van der Waals surface area contributed by atoms with Gasteiger partial charge in [-0.15, -0.1) is 5.10 Å². The summed E-state index contributed by atoms with van der Waals surface area (Å²) in [6, 6.07) is 8.34. The largest absolute Gasteiger partial charge is 0.396 e. The number of hydrogen-bond donors (Lipinski definition) is 1. The van der Waals surface area contributed by atoms with E-state index in [2.05, 4.69) is 10.1 Å². The van der Waals surface area contributed by atoms with Gasteiger partial charge in [0, 0.05) is 16.7 Å². The van der Waals surface area contributed by atoms with Crippen LogP contribution in [0.15, 0.2) is 36.5 Å². The molecular weight excluding hydrogens is 255 g/mol. The van der Waals surface area contributed by atoms with Crippen LogP contribution >= 0.6 is 11.6 Å². The molecular formula is C12H8ClFN4. The predicted molar refractivity (Wildman–Crippen MR) is 67.8 cm³/mol. The highest BCUT2D eigenvalue weighted by atomic mass is 35.5. The minimum Gasteiger partial charge on any atom is -0.396 e. The van der Waals surface area contributed by atoms with Crippen LogP contribution in [0.5, 0.6) is 0 Å². The van der Waals surface area contributed by atoms with E-state index in [4.69, 9.17) is 17.3 Å². The second kappa shape index (κ2) is 3.96. The molecule has 90 valence electrons. The minimum absolute atomic E-state index is 0.246. The Balaban J connectivity index is 2.22. The molecule has 2 N–H and O–H groups in total. The number of hydrogen-bond acceptors (Lipinski definition) is 3. The summed E-state index contributed by atoms with van der Waals surface area (Å²) in [7, 11) is 0. The van der Waals surface area contributed by atoms with E-state index in [1.165, 1.54) is 16.8 Å². The Morgan fingerprint density at radius 2 is 2.11 bits per heavy atom. The van der Waals surface area contributed by atoms with Gasteiger partial charge in [-0.3, -0.25) is 0 Å². The van der Waals surface area contributed by atoms with E-state index in [0.717, 1.165) is 5.56 Å². The molecule has 0 saturated heterocycles. The molecule has 0 amide bonds. The second-order valence-corrected chi connectivity index (χ2v) is 4.26. The lowest BCUT2D eigenvalue weighted by atomic mass is 10.2. The molecule has 6 heteroatoms. The molecule has 3 rings (SSSR count). The lowest BCUT2D eigenvalue weighted by Gasteiger charge is -1.95. The van der Waals surface area contributed by atoms with Crippen molar-refractivity contribution in [3.05, 3.63) is 47.4 Å². The summed E-state index contributed by atoms with van der Waals surface area (Å²) < 4.78 is 14.5. The molecule has 0 bridgehead atoms. The fourth-order valence-electron chi connectivity index (χ4n) is 1.73. The molecule has 3 aromatic rings. The number of pyridine rings is 1. The fraction of sp³-hybridized carbons (Fsp3) is 0. The van der Waals surface area contributed by atoms with Crippen LogP contribution in [0.2, 0.25) is 5.02 Å². The first-order chi connectivity index (χ1) is 8.63. The van der Waals surface area contributed by atoms with E-state index < -0.39 is 5.82 Å². The van der Waals surface area contributed by atoms with E-state index in [1.54, 1.807) is 18.2 Å². The quantitative estimate of drug-likeness (QED) is 0.734. The van der Waals surface area contributed by atoms with Crippen molar-refractivity contribution in [2.75, 3.05) is 5.73 Å². The highest BCUT2D eigenvalue weighted by Crippen LogP contribution is 2.22. The van der Waals surface area contributed by atoms with E-state index in [-0.39, 0.29) is 5.69 Å². The minimum atomic E-state index is -0.456. The third-order valence-corrected chi connectivity index (χ3v) is 2.75. The van der Waals surface area contributed by atoms with Crippen molar-refractivity contribution < 1.29 is 4.39 Å². The Hall–Kier alpha value is -2.14. The van der Waals surface area contributed by atoms with Gasteiger partial charge >= 0.3 is 0 Å². The maximum Gasteiger partial charge on any atom is 0.182 e. The number of nitrogens with zero attached hydrogens (tertiary/aromatic N) is 3. The van der Waals surface area contributed by atoms with Gasteiger partial charge in [0.15, 0.2) is 11.5 Å². The smallest absolute Gasteiger partial charge is 0.182 e. The van der Waals surface area contributed by atoms with Gasteiger partial charge in [-0.05, 0) is 12.1 Å². The van der Waals surface area contributed by atoms with Crippen molar-refractivity contribution in [1.82, 2.24) is 14.6 Å². The molecule has 0 atom stereocenters. The summed E-state index contributed by atoms with van der Waals surface area (Å²) in [6.45, 7) is 0. The summed E-state index contributed by atoms with van der Waals surface area (Å²) in [5.41, 5.74) is 7.11. The lowest BCUT2D eigenvalue weighted by Crippen LogP contribution is -1.95. The number of benzene rings is 1. The molecule has 0 fully saturated rings. The molecule has 2 aromatic heterocycles. The molecule has 0 saturated carbocycles. The highest BCUT2D eigenvalue weighted by molar-refractivity contribution is 6.30. The van der Waals surface area contributed by atoms with Crippen LogP contribution in [0.25, 0.3) is 17.0 Å². The van der Waals surface area contributed by atoms with E-state index in [9.17, 15) is 4.39 Å². The summed E-state index contributed by atoms with van der Waals surface area (Å²) in [5.74, 6) is -0.00246. The zero-order valence-corrected chi connectivity index (χ0v) is 9.89. The molecule has 1 aromatic carbocycles. The van der Waals surface area contributed by atoms with Crippen molar-refractivity contribution in [2.24, 2.45) is 0 Å². The fourth-order valence-corrected chi connectivity index (χ4v) is 1.92. The van der Waals surface area contributed by atoms with Crippen molar-refractivity contribution in [3.8, 4) is 11.4 Å². The number of anilines is 1. The summed E-state index contributed by atoms with van der Waals surface area (Å²) >= 11 is 5.90. The monoisotopic (exact) mass is 262 g/mol. The summed E-state index contributed by atoms with van der Waals surface area (Å²) in [4.78, 5) is 4.27. The van der Waals surface area contributed by atoms with Crippen molar-refractivity contribution in [3.63, 3.8) is 0 Å². The highest BCUT2D eigenvalue weighted by Gasteiger charge is 2.10. The first-order valence-corrected chi connectivity index (χ1v) is 5.58. The van der Waals surface area contributed by atoms with Crippen LogP contribution in [0, 0.1) is 5.82 Å². The predicted octanol–water partition coefficient (Wildman–Crippen LogP) is 2.77. The van der Waals surface area contributed by atoms with Crippen molar-refractivity contribution in [2.45, 2.75) is 0 Å². The topological polar surface area (TPSA) is 56.2 Å². The summed E-state index contributed by atoms with van der Waals surface area (Å²) in [6.07, 6.45) is 1.23. The maximum atomic E-state index is 13.2. The number of nitrogen functional groups attached to an aromatic ring is 1. The van der Waals surface area contributed by atoms with Gasteiger partial charge in [0.25, 0.3) is 0 Å². The Kier molecular flexibility index (Phi) is 2.41. The Labute approximate surface area is 107 Å². The Morgan fingerprint density at radius 3 is 2.89 bits per heavy atom. The molecule has 0 spiro atoms.